The van der Waals surface area contributed by atoms with E-state index in [9.17, 15) is 4.39 Å². The predicted octanol–water partition coefficient (Wildman–Crippen LogP) is 0.965. The molecule has 6 heteroatoms. The van der Waals surface area contributed by atoms with Gasteiger partial charge >= 0.3 is 0 Å². The van der Waals surface area contributed by atoms with E-state index in [0.29, 0.717) is 17.5 Å². The summed E-state index contributed by atoms with van der Waals surface area (Å²) < 4.78 is 14.6. The standard InChI is InChI=1S/C11H13FN4O/c1-15(2)11-13-10(7-17)14-16(11)9-5-3-4-8(12)6-9/h3-6,17H,7H2,1-2H3. The monoisotopic (exact) mass is 236 g/mol. The van der Waals surface area contributed by atoms with Crippen molar-refractivity contribution in [3.63, 3.8) is 0 Å². The predicted molar refractivity (Wildman–Crippen MR) is 61.6 cm³/mol. The lowest BCUT2D eigenvalue weighted by molar-refractivity contribution is 0.271. The van der Waals surface area contributed by atoms with Crippen molar-refractivity contribution in [1.29, 1.82) is 0 Å². The highest BCUT2D eigenvalue weighted by atomic mass is 19.1. The number of hydrogen-bond acceptors (Lipinski definition) is 4. The van der Waals surface area contributed by atoms with Gasteiger partial charge in [-0.1, -0.05) is 6.07 Å². The summed E-state index contributed by atoms with van der Waals surface area (Å²) in [6, 6.07) is 6.06. The number of aliphatic hydroxyl groups is 1. The van der Waals surface area contributed by atoms with E-state index >= 15 is 0 Å². The van der Waals surface area contributed by atoms with Crippen LogP contribution < -0.4 is 4.90 Å². The van der Waals surface area contributed by atoms with Crippen molar-refractivity contribution in [2.75, 3.05) is 19.0 Å². The van der Waals surface area contributed by atoms with E-state index in [2.05, 4.69) is 10.1 Å². The molecular formula is C11H13FN4O. The highest BCUT2D eigenvalue weighted by Crippen LogP contribution is 2.16. The molecule has 0 aliphatic heterocycles. The maximum Gasteiger partial charge on any atom is 0.228 e. The van der Waals surface area contributed by atoms with Gasteiger partial charge in [0.15, 0.2) is 5.82 Å². The highest BCUT2D eigenvalue weighted by molar-refractivity contribution is 5.41. The Morgan fingerprint density at radius 2 is 2.18 bits per heavy atom. The largest absolute Gasteiger partial charge is 0.388 e. The molecule has 17 heavy (non-hydrogen) atoms. The van der Waals surface area contributed by atoms with Crippen LogP contribution in [0.15, 0.2) is 24.3 Å². The molecule has 5 nitrogen and oxygen atoms in total. The van der Waals surface area contributed by atoms with Crippen molar-refractivity contribution in [1.82, 2.24) is 14.8 Å². The van der Waals surface area contributed by atoms with Crippen LogP contribution in [0.3, 0.4) is 0 Å². The number of anilines is 1. The highest BCUT2D eigenvalue weighted by Gasteiger charge is 2.12. The molecule has 0 aliphatic rings. The molecule has 0 radical (unpaired) electrons. The summed E-state index contributed by atoms with van der Waals surface area (Å²) in [6.45, 7) is -0.247. The smallest absolute Gasteiger partial charge is 0.228 e. The van der Waals surface area contributed by atoms with Crippen LogP contribution in [0.1, 0.15) is 5.82 Å². The van der Waals surface area contributed by atoms with Crippen molar-refractivity contribution in [3.05, 3.63) is 35.9 Å². The van der Waals surface area contributed by atoms with E-state index in [1.807, 2.05) is 0 Å². The Bertz CT molecular complexity index is 524. The summed E-state index contributed by atoms with van der Waals surface area (Å²) in [5.41, 5.74) is 0.570. The maximum absolute atomic E-state index is 13.1. The maximum atomic E-state index is 13.1. The zero-order chi connectivity index (χ0) is 12.4. The molecule has 0 bridgehead atoms. The van der Waals surface area contributed by atoms with E-state index in [4.69, 9.17) is 5.11 Å². The molecule has 0 saturated heterocycles. The second-order valence-electron chi connectivity index (χ2n) is 3.77. The van der Waals surface area contributed by atoms with E-state index < -0.39 is 0 Å². The minimum atomic E-state index is -0.340. The molecule has 0 atom stereocenters. The zero-order valence-corrected chi connectivity index (χ0v) is 9.63. The number of rotatable bonds is 3. The van der Waals surface area contributed by atoms with Gasteiger partial charge < -0.3 is 10.0 Å². The topological polar surface area (TPSA) is 54.2 Å². The molecular weight excluding hydrogens is 223 g/mol. The summed E-state index contributed by atoms with van der Waals surface area (Å²) in [7, 11) is 3.61. The zero-order valence-electron chi connectivity index (χ0n) is 9.63. The van der Waals surface area contributed by atoms with Gasteiger partial charge in [0.2, 0.25) is 5.95 Å². The third-order valence-corrected chi connectivity index (χ3v) is 2.23. The number of halogens is 1. The second kappa shape index (κ2) is 4.50. The van der Waals surface area contributed by atoms with Gasteiger partial charge in [-0.25, -0.2) is 4.39 Å². The average molecular weight is 236 g/mol. The average Bonchev–Trinajstić information content (AvgIpc) is 2.73. The fourth-order valence-electron chi connectivity index (χ4n) is 1.48. The Hall–Kier alpha value is -1.95. The number of benzene rings is 1. The fraction of sp³-hybridized carbons (Fsp3) is 0.273. The third kappa shape index (κ3) is 2.26. The lowest BCUT2D eigenvalue weighted by atomic mass is 10.3. The molecule has 2 aromatic rings. The molecule has 0 unspecified atom stereocenters. The van der Waals surface area contributed by atoms with Crippen LogP contribution in [-0.4, -0.2) is 34.0 Å². The van der Waals surface area contributed by atoms with Crippen LogP contribution in [-0.2, 0) is 6.61 Å². The summed E-state index contributed by atoms with van der Waals surface area (Å²) in [5.74, 6) is 0.505. The van der Waals surface area contributed by atoms with Crippen LogP contribution in [0.5, 0.6) is 0 Å². The van der Waals surface area contributed by atoms with Gasteiger partial charge in [0.05, 0.1) is 5.69 Å². The molecule has 0 spiro atoms. The van der Waals surface area contributed by atoms with Crippen molar-refractivity contribution >= 4 is 5.95 Å². The molecule has 1 aromatic heterocycles. The number of nitrogens with zero attached hydrogens (tertiary/aromatic N) is 4. The fourth-order valence-corrected chi connectivity index (χ4v) is 1.48. The van der Waals surface area contributed by atoms with Crippen molar-refractivity contribution in [2.24, 2.45) is 0 Å². The van der Waals surface area contributed by atoms with Gasteiger partial charge in [-0.15, -0.1) is 5.10 Å². The van der Waals surface area contributed by atoms with Crippen LogP contribution >= 0.6 is 0 Å². The summed E-state index contributed by atoms with van der Waals surface area (Å²) in [4.78, 5) is 5.89. The first-order valence-corrected chi connectivity index (χ1v) is 5.12. The minimum Gasteiger partial charge on any atom is -0.388 e. The van der Waals surface area contributed by atoms with Crippen LogP contribution in [0, 0.1) is 5.82 Å². The van der Waals surface area contributed by atoms with Crippen LogP contribution in [0.25, 0.3) is 5.69 Å². The second-order valence-corrected chi connectivity index (χ2v) is 3.77. The molecule has 2 rings (SSSR count). The SMILES string of the molecule is CN(C)c1nc(CO)nn1-c1cccc(F)c1. The van der Waals surface area contributed by atoms with E-state index in [-0.39, 0.29) is 12.4 Å². The Morgan fingerprint density at radius 3 is 2.76 bits per heavy atom. The van der Waals surface area contributed by atoms with E-state index in [1.165, 1.54) is 16.8 Å². The first kappa shape index (κ1) is 11.5. The van der Waals surface area contributed by atoms with E-state index in [1.54, 1.807) is 31.1 Å². The van der Waals surface area contributed by atoms with Crippen LogP contribution in [0.2, 0.25) is 0 Å². The van der Waals surface area contributed by atoms with Crippen molar-refractivity contribution < 1.29 is 9.50 Å². The van der Waals surface area contributed by atoms with Gasteiger partial charge in [0.1, 0.15) is 12.4 Å². The lowest BCUT2D eigenvalue weighted by Gasteiger charge is -2.12. The van der Waals surface area contributed by atoms with Crippen molar-refractivity contribution in [2.45, 2.75) is 6.61 Å². The Kier molecular flexibility index (Phi) is 3.06. The Balaban J connectivity index is 2.53. The number of aliphatic hydroxyl groups excluding tert-OH is 1. The molecule has 90 valence electrons. The molecule has 0 saturated carbocycles. The molecule has 0 amide bonds. The van der Waals surface area contributed by atoms with Gasteiger partial charge in [0, 0.05) is 14.1 Å². The summed E-state index contributed by atoms with van der Waals surface area (Å²) in [5, 5.41) is 13.1. The molecule has 1 aromatic carbocycles. The summed E-state index contributed by atoms with van der Waals surface area (Å²) >= 11 is 0. The Labute approximate surface area is 98.1 Å². The molecule has 0 aliphatic carbocycles. The third-order valence-electron chi connectivity index (χ3n) is 2.23. The first-order valence-electron chi connectivity index (χ1n) is 5.12. The first-order chi connectivity index (χ1) is 8.11. The quantitative estimate of drug-likeness (QED) is 0.862. The Morgan fingerprint density at radius 1 is 1.41 bits per heavy atom. The molecule has 0 fully saturated rings. The van der Waals surface area contributed by atoms with Gasteiger partial charge in [0.25, 0.3) is 0 Å². The molecule has 1 N–H and O–H groups in total. The normalized spacial score (nSPS) is 10.6. The van der Waals surface area contributed by atoms with Gasteiger partial charge in [-0.2, -0.15) is 9.67 Å². The van der Waals surface area contributed by atoms with Crippen LogP contribution in [0.4, 0.5) is 10.3 Å². The van der Waals surface area contributed by atoms with Gasteiger partial charge in [-0.05, 0) is 18.2 Å². The number of aromatic nitrogens is 3. The van der Waals surface area contributed by atoms with E-state index in [0.717, 1.165) is 0 Å². The van der Waals surface area contributed by atoms with Crippen molar-refractivity contribution in [3.8, 4) is 5.69 Å². The minimum absolute atomic E-state index is 0.247. The molecule has 1 heterocycles. The van der Waals surface area contributed by atoms with Gasteiger partial charge in [-0.3, -0.25) is 0 Å². The summed E-state index contributed by atoms with van der Waals surface area (Å²) in [6.07, 6.45) is 0. The number of hydrogen-bond donors (Lipinski definition) is 1. The lowest BCUT2D eigenvalue weighted by Crippen LogP contribution is -2.15.